The molecule has 1 fully saturated rings. The molecule has 0 unspecified atom stereocenters. The van der Waals surface area contributed by atoms with Crippen LogP contribution in [0.2, 0.25) is 0 Å². The van der Waals surface area contributed by atoms with Gasteiger partial charge in [-0.05, 0) is 6.07 Å². The lowest BCUT2D eigenvalue weighted by molar-refractivity contribution is -0.0637. The van der Waals surface area contributed by atoms with Gasteiger partial charge in [0.1, 0.15) is 11.4 Å². The number of benzene rings is 1. The molecule has 0 amide bonds. The van der Waals surface area contributed by atoms with E-state index < -0.39 is 17.8 Å². The highest BCUT2D eigenvalue weighted by Crippen LogP contribution is 2.32. The highest BCUT2D eigenvalue weighted by molar-refractivity contribution is 5.28. The standard InChI is InChI=1S/C11H12F3NO/c12-9-4-2-1-3-8(9)11(10(13)14)7-16-6-5-15-11/h1-4,10,15H,5-7H2/t11-/m0/s1. The molecule has 0 spiro atoms. The first kappa shape index (κ1) is 11.4. The van der Waals surface area contributed by atoms with Crippen molar-refractivity contribution in [3.8, 4) is 0 Å². The fraction of sp³-hybridized carbons (Fsp3) is 0.455. The van der Waals surface area contributed by atoms with Crippen LogP contribution in [0.15, 0.2) is 24.3 Å². The topological polar surface area (TPSA) is 21.3 Å². The molecule has 5 heteroatoms. The van der Waals surface area contributed by atoms with Crippen molar-refractivity contribution in [3.05, 3.63) is 35.6 Å². The Labute approximate surface area is 91.4 Å². The lowest BCUT2D eigenvalue weighted by Crippen LogP contribution is -2.56. The fourth-order valence-electron chi connectivity index (χ4n) is 1.88. The molecule has 1 N–H and O–H groups in total. The molecule has 0 aromatic heterocycles. The molecular formula is C11H12F3NO. The normalized spacial score (nSPS) is 26.0. The van der Waals surface area contributed by atoms with Crippen LogP contribution in [0.1, 0.15) is 5.56 Å². The van der Waals surface area contributed by atoms with Crippen molar-refractivity contribution in [1.29, 1.82) is 0 Å². The average Bonchev–Trinajstić information content (AvgIpc) is 2.30. The Kier molecular flexibility index (Phi) is 3.16. The van der Waals surface area contributed by atoms with E-state index in [1.54, 1.807) is 6.07 Å². The van der Waals surface area contributed by atoms with Gasteiger partial charge in [-0.1, -0.05) is 18.2 Å². The second kappa shape index (κ2) is 4.43. The second-order valence-electron chi connectivity index (χ2n) is 3.73. The van der Waals surface area contributed by atoms with Gasteiger partial charge >= 0.3 is 0 Å². The van der Waals surface area contributed by atoms with Crippen molar-refractivity contribution in [1.82, 2.24) is 5.32 Å². The lowest BCUT2D eigenvalue weighted by Gasteiger charge is -2.37. The summed E-state index contributed by atoms with van der Waals surface area (Å²) in [5.74, 6) is -0.638. The molecule has 0 bridgehead atoms. The van der Waals surface area contributed by atoms with Gasteiger partial charge in [-0.15, -0.1) is 0 Å². The van der Waals surface area contributed by atoms with E-state index in [1.807, 2.05) is 0 Å². The van der Waals surface area contributed by atoms with Gasteiger partial charge in [-0.25, -0.2) is 13.2 Å². The molecule has 0 saturated carbocycles. The number of hydrogen-bond donors (Lipinski definition) is 1. The van der Waals surface area contributed by atoms with Crippen molar-refractivity contribution >= 4 is 0 Å². The Hall–Kier alpha value is -1.07. The largest absolute Gasteiger partial charge is 0.378 e. The first-order valence-corrected chi connectivity index (χ1v) is 5.03. The third-order valence-electron chi connectivity index (χ3n) is 2.74. The Morgan fingerprint density at radius 2 is 2.06 bits per heavy atom. The Morgan fingerprint density at radius 3 is 2.62 bits per heavy atom. The van der Waals surface area contributed by atoms with Gasteiger partial charge in [0, 0.05) is 12.1 Å². The first-order chi connectivity index (χ1) is 7.67. The van der Waals surface area contributed by atoms with Gasteiger partial charge in [-0.2, -0.15) is 0 Å². The van der Waals surface area contributed by atoms with Crippen molar-refractivity contribution in [3.63, 3.8) is 0 Å². The van der Waals surface area contributed by atoms with Gasteiger partial charge in [0.2, 0.25) is 0 Å². The predicted molar refractivity (Wildman–Crippen MR) is 52.9 cm³/mol. The quantitative estimate of drug-likeness (QED) is 0.839. The van der Waals surface area contributed by atoms with Gasteiger partial charge in [0.05, 0.1) is 13.2 Å². The fourth-order valence-corrected chi connectivity index (χ4v) is 1.88. The summed E-state index contributed by atoms with van der Waals surface area (Å²) in [7, 11) is 0. The van der Waals surface area contributed by atoms with E-state index in [4.69, 9.17) is 4.74 Å². The number of ether oxygens (including phenoxy) is 1. The summed E-state index contributed by atoms with van der Waals surface area (Å²) in [4.78, 5) is 0. The van der Waals surface area contributed by atoms with Crippen LogP contribution < -0.4 is 5.32 Å². The van der Waals surface area contributed by atoms with Crippen molar-refractivity contribution < 1.29 is 17.9 Å². The molecule has 0 aliphatic carbocycles. The number of morpholine rings is 1. The second-order valence-corrected chi connectivity index (χ2v) is 3.73. The average molecular weight is 231 g/mol. The zero-order valence-electron chi connectivity index (χ0n) is 8.55. The minimum absolute atomic E-state index is 0.0373. The van der Waals surface area contributed by atoms with E-state index in [0.29, 0.717) is 13.2 Å². The summed E-state index contributed by atoms with van der Waals surface area (Å²) in [6, 6.07) is 5.55. The Balaban J connectivity index is 2.43. The van der Waals surface area contributed by atoms with E-state index in [1.165, 1.54) is 18.2 Å². The molecule has 2 rings (SSSR count). The van der Waals surface area contributed by atoms with Gasteiger partial charge in [0.15, 0.2) is 0 Å². The van der Waals surface area contributed by atoms with E-state index in [0.717, 1.165) is 0 Å². The molecule has 2 nitrogen and oxygen atoms in total. The van der Waals surface area contributed by atoms with E-state index in [2.05, 4.69) is 5.32 Å². The maximum Gasteiger partial charge on any atom is 0.262 e. The van der Waals surface area contributed by atoms with Gasteiger partial charge < -0.3 is 4.74 Å². The summed E-state index contributed by atoms with van der Waals surface area (Å²) in [6.45, 7) is 0.438. The zero-order chi connectivity index (χ0) is 11.6. The molecule has 1 aromatic carbocycles. The smallest absolute Gasteiger partial charge is 0.262 e. The molecule has 0 radical (unpaired) electrons. The monoisotopic (exact) mass is 231 g/mol. The molecular weight excluding hydrogens is 219 g/mol. The number of rotatable bonds is 2. The number of nitrogens with one attached hydrogen (secondary N) is 1. The Bertz CT molecular complexity index is 364. The van der Waals surface area contributed by atoms with Gasteiger partial charge in [0.25, 0.3) is 6.43 Å². The van der Waals surface area contributed by atoms with Crippen molar-refractivity contribution in [2.24, 2.45) is 0 Å². The third-order valence-corrected chi connectivity index (χ3v) is 2.74. The molecule has 1 saturated heterocycles. The van der Waals surface area contributed by atoms with Crippen LogP contribution in [0.3, 0.4) is 0 Å². The molecule has 88 valence electrons. The first-order valence-electron chi connectivity index (χ1n) is 5.03. The molecule has 1 heterocycles. The van der Waals surface area contributed by atoms with Crippen LogP contribution in [0.4, 0.5) is 13.2 Å². The summed E-state index contributed by atoms with van der Waals surface area (Å²) in [6.07, 6.45) is -2.72. The molecule has 1 aliphatic rings. The molecule has 1 aliphatic heterocycles. The zero-order valence-corrected chi connectivity index (χ0v) is 8.55. The molecule has 1 aromatic rings. The highest BCUT2D eigenvalue weighted by Gasteiger charge is 2.45. The van der Waals surface area contributed by atoms with Crippen molar-refractivity contribution in [2.75, 3.05) is 19.8 Å². The van der Waals surface area contributed by atoms with Crippen LogP contribution in [0.25, 0.3) is 0 Å². The molecule has 16 heavy (non-hydrogen) atoms. The van der Waals surface area contributed by atoms with Crippen LogP contribution in [0.5, 0.6) is 0 Å². The maximum atomic E-state index is 13.6. The minimum atomic E-state index is -2.72. The van der Waals surface area contributed by atoms with E-state index in [9.17, 15) is 13.2 Å². The lowest BCUT2D eigenvalue weighted by atomic mass is 9.89. The van der Waals surface area contributed by atoms with Crippen molar-refractivity contribution in [2.45, 2.75) is 12.0 Å². The number of hydrogen-bond acceptors (Lipinski definition) is 2. The minimum Gasteiger partial charge on any atom is -0.378 e. The Morgan fingerprint density at radius 1 is 1.31 bits per heavy atom. The van der Waals surface area contributed by atoms with E-state index >= 15 is 0 Å². The van der Waals surface area contributed by atoms with E-state index in [-0.39, 0.29) is 12.2 Å². The number of alkyl halides is 2. The SMILES string of the molecule is Fc1ccccc1[C@]1(C(F)F)COCCN1. The van der Waals surface area contributed by atoms with Crippen LogP contribution >= 0.6 is 0 Å². The third kappa shape index (κ3) is 1.81. The van der Waals surface area contributed by atoms with Gasteiger partial charge in [-0.3, -0.25) is 5.32 Å². The molecule has 1 atom stereocenters. The van der Waals surface area contributed by atoms with Crippen LogP contribution in [-0.4, -0.2) is 26.2 Å². The summed E-state index contributed by atoms with van der Waals surface area (Å²) >= 11 is 0. The summed E-state index contributed by atoms with van der Waals surface area (Å²) < 4.78 is 44.9. The summed E-state index contributed by atoms with van der Waals surface area (Å²) in [5.41, 5.74) is -1.76. The summed E-state index contributed by atoms with van der Waals surface area (Å²) in [5, 5.41) is 2.67. The van der Waals surface area contributed by atoms with Crippen LogP contribution in [-0.2, 0) is 10.3 Å². The van der Waals surface area contributed by atoms with Crippen LogP contribution in [0, 0.1) is 5.82 Å². The number of halogens is 3. The predicted octanol–water partition coefficient (Wildman–Crippen LogP) is 1.91. The highest BCUT2D eigenvalue weighted by atomic mass is 19.3. The maximum absolute atomic E-state index is 13.6.